The summed E-state index contributed by atoms with van der Waals surface area (Å²) >= 11 is 6.32. The first-order chi connectivity index (χ1) is 18.8. The Labute approximate surface area is 227 Å². The number of anilines is 2. The molecule has 10 nitrogen and oxygen atoms in total. The molecule has 4 unspecified atom stereocenters. The Morgan fingerprint density at radius 1 is 0.923 bits per heavy atom. The molecule has 1 spiro atoms. The van der Waals surface area contributed by atoms with E-state index in [1.807, 2.05) is 0 Å². The van der Waals surface area contributed by atoms with E-state index in [1.165, 1.54) is 12.1 Å². The Balaban J connectivity index is 1.35. The summed E-state index contributed by atoms with van der Waals surface area (Å²) in [6, 6.07) is 13.5. The van der Waals surface area contributed by atoms with Crippen LogP contribution in [0.3, 0.4) is 0 Å². The van der Waals surface area contributed by atoms with Crippen LogP contribution in [0.5, 0.6) is 23.0 Å². The van der Waals surface area contributed by atoms with Crippen LogP contribution >= 0.6 is 11.6 Å². The number of phenolic OH excluding ortho intramolecular Hbond substituents is 2. The number of ether oxygens (including phenoxy) is 2. The van der Waals surface area contributed by atoms with Gasteiger partial charge in [0.25, 0.3) is 0 Å². The quantitative estimate of drug-likeness (QED) is 0.290. The van der Waals surface area contributed by atoms with Crippen molar-refractivity contribution in [2.75, 3.05) is 23.4 Å². The van der Waals surface area contributed by atoms with E-state index < -0.39 is 41.1 Å². The van der Waals surface area contributed by atoms with Gasteiger partial charge in [0.2, 0.25) is 17.7 Å². The van der Waals surface area contributed by atoms with E-state index in [2.05, 4.69) is 10.6 Å². The van der Waals surface area contributed by atoms with Crippen molar-refractivity contribution < 1.29 is 34.1 Å². The monoisotopic (exact) mass is 547 g/mol. The van der Waals surface area contributed by atoms with Gasteiger partial charge in [-0.25, -0.2) is 4.90 Å². The van der Waals surface area contributed by atoms with E-state index in [0.717, 1.165) is 4.90 Å². The molecular weight excluding hydrogens is 526 g/mol. The lowest BCUT2D eigenvalue weighted by atomic mass is 9.76. The number of hydrogen-bond donors (Lipinski definition) is 4. The van der Waals surface area contributed by atoms with E-state index >= 15 is 0 Å². The average Bonchev–Trinajstić information content (AvgIpc) is 3.50. The molecule has 0 bridgehead atoms. The second-order valence-corrected chi connectivity index (χ2v) is 10.5. The van der Waals surface area contributed by atoms with Crippen LogP contribution in [0.25, 0.3) is 0 Å². The molecule has 2 saturated heterocycles. The van der Waals surface area contributed by atoms with E-state index in [0.29, 0.717) is 52.2 Å². The van der Waals surface area contributed by atoms with Crippen LogP contribution < -0.4 is 25.0 Å². The minimum absolute atomic E-state index is 0.202. The minimum Gasteiger partial charge on any atom is -0.504 e. The van der Waals surface area contributed by atoms with Gasteiger partial charge in [-0.2, -0.15) is 0 Å². The molecule has 2 fully saturated rings. The molecule has 39 heavy (non-hydrogen) atoms. The Morgan fingerprint density at radius 3 is 2.51 bits per heavy atom. The summed E-state index contributed by atoms with van der Waals surface area (Å²) in [7, 11) is 0. The number of imide groups is 1. The van der Waals surface area contributed by atoms with Gasteiger partial charge in [0, 0.05) is 28.4 Å². The average molecular weight is 548 g/mol. The molecule has 0 saturated carbocycles. The Bertz CT molecular complexity index is 1590. The third-order valence-electron chi connectivity index (χ3n) is 7.96. The number of carbonyl (C=O) groups is 3. The number of amides is 3. The molecule has 7 rings (SSSR count). The number of benzene rings is 3. The van der Waals surface area contributed by atoms with Gasteiger partial charge in [-0.15, -0.1) is 0 Å². The van der Waals surface area contributed by atoms with Crippen molar-refractivity contribution in [3.63, 3.8) is 0 Å². The van der Waals surface area contributed by atoms with Gasteiger partial charge in [0.15, 0.2) is 23.0 Å². The summed E-state index contributed by atoms with van der Waals surface area (Å²) in [5.41, 5.74) is 0.405. The molecule has 3 amide bonds. The van der Waals surface area contributed by atoms with Crippen LogP contribution in [-0.2, 0) is 26.3 Å². The molecule has 198 valence electrons. The van der Waals surface area contributed by atoms with E-state index in [1.54, 1.807) is 42.5 Å². The van der Waals surface area contributed by atoms with Gasteiger partial charge >= 0.3 is 0 Å². The molecule has 4 aliphatic rings. The van der Waals surface area contributed by atoms with Crippen LogP contribution in [0.4, 0.5) is 11.4 Å². The summed E-state index contributed by atoms with van der Waals surface area (Å²) in [6.07, 6.45) is 0.202. The van der Waals surface area contributed by atoms with Crippen molar-refractivity contribution in [3.05, 3.63) is 70.7 Å². The zero-order valence-corrected chi connectivity index (χ0v) is 21.1. The fourth-order valence-corrected chi connectivity index (χ4v) is 6.50. The highest BCUT2D eigenvalue weighted by atomic mass is 35.5. The van der Waals surface area contributed by atoms with Gasteiger partial charge in [0.05, 0.1) is 17.5 Å². The number of halogens is 1. The summed E-state index contributed by atoms with van der Waals surface area (Å²) in [6.45, 7) is 0.744. The zero-order chi connectivity index (χ0) is 27.1. The number of phenols is 2. The van der Waals surface area contributed by atoms with Crippen LogP contribution in [-0.4, -0.2) is 47.2 Å². The van der Waals surface area contributed by atoms with E-state index in [-0.39, 0.29) is 17.9 Å². The lowest BCUT2D eigenvalue weighted by Gasteiger charge is -2.30. The van der Waals surface area contributed by atoms with Gasteiger partial charge in [-0.3, -0.25) is 19.7 Å². The third-order valence-corrected chi connectivity index (χ3v) is 8.19. The van der Waals surface area contributed by atoms with E-state index in [9.17, 15) is 24.6 Å². The van der Waals surface area contributed by atoms with E-state index in [4.69, 9.17) is 21.1 Å². The number of rotatable bonds is 3. The summed E-state index contributed by atoms with van der Waals surface area (Å²) in [5.74, 6) is -3.03. The highest BCUT2D eigenvalue weighted by molar-refractivity contribution is 6.31. The molecule has 11 heteroatoms. The van der Waals surface area contributed by atoms with Crippen LogP contribution in [0, 0.1) is 11.8 Å². The van der Waals surface area contributed by atoms with Crippen molar-refractivity contribution >= 4 is 40.7 Å². The second kappa shape index (κ2) is 8.36. The summed E-state index contributed by atoms with van der Waals surface area (Å²) in [5, 5.41) is 26.4. The lowest BCUT2D eigenvalue weighted by Crippen LogP contribution is -2.53. The largest absolute Gasteiger partial charge is 0.504 e. The highest BCUT2D eigenvalue weighted by Gasteiger charge is 2.70. The topological polar surface area (TPSA) is 137 Å². The zero-order valence-electron chi connectivity index (χ0n) is 20.3. The van der Waals surface area contributed by atoms with Crippen molar-refractivity contribution in [2.24, 2.45) is 11.8 Å². The molecule has 4 aliphatic heterocycles. The maximum atomic E-state index is 14.2. The minimum atomic E-state index is -1.54. The fourth-order valence-electron chi connectivity index (χ4n) is 6.32. The number of aromatic hydroxyl groups is 2. The molecule has 4 atom stereocenters. The number of carbonyl (C=O) groups excluding carboxylic acids is 3. The maximum absolute atomic E-state index is 14.2. The Kier molecular flexibility index (Phi) is 5.10. The molecule has 0 aromatic heterocycles. The Morgan fingerprint density at radius 2 is 1.72 bits per heavy atom. The molecule has 0 radical (unpaired) electrons. The van der Waals surface area contributed by atoms with Crippen molar-refractivity contribution in [3.8, 4) is 23.0 Å². The first kappa shape index (κ1) is 23.8. The highest BCUT2D eigenvalue weighted by Crippen LogP contribution is 2.54. The van der Waals surface area contributed by atoms with Gasteiger partial charge in [-0.1, -0.05) is 17.7 Å². The molecule has 4 N–H and O–H groups in total. The molecule has 3 aromatic carbocycles. The lowest BCUT2D eigenvalue weighted by molar-refractivity contribution is -0.130. The number of fused-ring (bicyclic) bond motifs is 5. The van der Waals surface area contributed by atoms with Crippen molar-refractivity contribution in [2.45, 2.75) is 18.0 Å². The number of hydrogen-bond acceptors (Lipinski definition) is 8. The predicted octanol–water partition coefficient (Wildman–Crippen LogP) is 2.69. The number of nitrogens with one attached hydrogen (secondary N) is 2. The second-order valence-electron chi connectivity index (χ2n) is 10.1. The molecule has 3 aromatic rings. The summed E-state index contributed by atoms with van der Waals surface area (Å²) in [4.78, 5) is 43.0. The van der Waals surface area contributed by atoms with Crippen molar-refractivity contribution in [1.29, 1.82) is 0 Å². The number of nitrogens with zero attached hydrogens (tertiary/aromatic N) is 1. The van der Waals surface area contributed by atoms with Crippen LogP contribution in [0.15, 0.2) is 54.6 Å². The molecule has 4 heterocycles. The first-order valence-corrected chi connectivity index (χ1v) is 12.8. The first-order valence-electron chi connectivity index (χ1n) is 12.5. The molecular formula is C28H22ClN3O7. The fraction of sp³-hybridized carbons (Fsp3) is 0.250. The van der Waals surface area contributed by atoms with Gasteiger partial charge < -0.3 is 25.0 Å². The van der Waals surface area contributed by atoms with Gasteiger partial charge in [-0.05, 0) is 54.4 Å². The molecule has 0 aliphatic carbocycles. The van der Waals surface area contributed by atoms with Crippen LogP contribution in [0.2, 0.25) is 5.02 Å². The normalized spacial score (nSPS) is 26.6. The van der Waals surface area contributed by atoms with Crippen molar-refractivity contribution in [1.82, 2.24) is 5.32 Å². The maximum Gasteiger partial charge on any atom is 0.250 e. The SMILES string of the molecule is O=C1C2C(Cc3ccc(O)c(O)c3)NC3(C(=O)Nc4ccc(Cl)cc43)C2C(=O)N1c1ccc2c(c1)OCCO2. The standard InChI is InChI=1S/C28H22ClN3O7/c29-14-2-4-17-16(11-14)28(27(37)30-17)24-23(18(31-28)9-13-1-5-19(33)20(34)10-13)25(35)32(26(24)36)15-3-6-21-22(12-15)39-8-7-38-21/h1-6,10-12,18,23-24,31,33-34H,7-9H2,(H,30,37). The van der Waals surface area contributed by atoms with Crippen LogP contribution in [0.1, 0.15) is 11.1 Å². The third kappa shape index (κ3) is 3.34. The smallest absolute Gasteiger partial charge is 0.250 e. The Hall–Kier alpha value is -4.28. The summed E-state index contributed by atoms with van der Waals surface area (Å²) < 4.78 is 11.3. The van der Waals surface area contributed by atoms with Gasteiger partial charge in [0.1, 0.15) is 18.8 Å². The predicted molar refractivity (Wildman–Crippen MR) is 139 cm³/mol.